The van der Waals surface area contributed by atoms with Crippen molar-refractivity contribution >= 4 is 33.2 Å². The number of ketones is 1. The number of rotatable bonds is 10. The highest BCUT2D eigenvalue weighted by atomic mass is 32.1. The summed E-state index contributed by atoms with van der Waals surface area (Å²) in [6.07, 6.45) is 8.81. The van der Waals surface area contributed by atoms with Crippen molar-refractivity contribution in [2.45, 2.75) is 51.6 Å². The summed E-state index contributed by atoms with van der Waals surface area (Å²) in [5.41, 5.74) is 1.10. The first-order valence-corrected chi connectivity index (χ1v) is 11.0. The van der Waals surface area contributed by atoms with E-state index >= 15 is 0 Å². The summed E-state index contributed by atoms with van der Waals surface area (Å²) in [6, 6.07) is 10.2. The number of carboxylic acids is 1. The van der Waals surface area contributed by atoms with E-state index in [0.29, 0.717) is 19.3 Å². The van der Waals surface area contributed by atoms with Crippen molar-refractivity contribution in [3.05, 3.63) is 59.0 Å². The van der Waals surface area contributed by atoms with Crippen LogP contribution in [0.2, 0.25) is 0 Å². The second-order valence-electron chi connectivity index (χ2n) is 7.78. The van der Waals surface area contributed by atoms with Crippen LogP contribution in [0, 0.1) is 11.8 Å². The van der Waals surface area contributed by atoms with E-state index < -0.39 is 12.1 Å². The molecule has 2 N–H and O–H groups in total. The number of hydrogen-bond acceptors (Lipinski definition) is 4. The fraction of sp³-hybridized carbons (Fsp3) is 0.417. The summed E-state index contributed by atoms with van der Waals surface area (Å²) in [4.78, 5) is 23.9. The van der Waals surface area contributed by atoms with E-state index in [2.05, 4.69) is 18.2 Å². The molecule has 29 heavy (non-hydrogen) atoms. The number of unbranched alkanes of at least 4 members (excludes halogenated alkanes) is 1. The van der Waals surface area contributed by atoms with E-state index in [1.54, 1.807) is 17.4 Å². The van der Waals surface area contributed by atoms with Gasteiger partial charge in [0.25, 0.3) is 0 Å². The molecule has 0 unspecified atom stereocenters. The Morgan fingerprint density at radius 2 is 2.03 bits per heavy atom. The van der Waals surface area contributed by atoms with Gasteiger partial charge in [-0.1, -0.05) is 35.9 Å². The summed E-state index contributed by atoms with van der Waals surface area (Å²) in [6.45, 7) is 2.00. The van der Waals surface area contributed by atoms with E-state index in [1.165, 1.54) is 4.70 Å². The SMILES string of the molecule is CC1=CC(=O)[C@H](C/C=C\CCCC(=O)O)[C@H]1CC[C@@H](O)c1cc2ccccc2s1. The summed E-state index contributed by atoms with van der Waals surface area (Å²) < 4.78 is 1.18. The van der Waals surface area contributed by atoms with Crippen LogP contribution < -0.4 is 0 Å². The van der Waals surface area contributed by atoms with Crippen molar-refractivity contribution in [2.24, 2.45) is 11.8 Å². The first-order chi connectivity index (χ1) is 14.0. The Bertz CT molecular complexity index is 891. The van der Waals surface area contributed by atoms with Gasteiger partial charge >= 0.3 is 5.97 Å². The van der Waals surface area contributed by atoms with Gasteiger partial charge in [-0.3, -0.25) is 9.59 Å². The highest BCUT2D eigenvalue weighted by Gasteiger charge is 2.33. The molecule has 5 heteroatoms. The predicted octanol–water partition coefficient (Wildman–Crippen LogP) is 5.68. The van der Waals surface area contributed by atoms with Crippen LogP contribution in [0.15, 0.2) is 54.1 Å². The number of carboxylic acid groups (broad SMARTS) is 1. The average molecular weight is 413 g/mol. The molecular weight excluding hydrogens is 384 g/mol. The van der Waals surface area contributed by atoms with Gasteiger partial charge in [0, 0.05) is 21.9 Å². The predicted molar refractivity (Wildman–Crippen MR) is 117 cm³/mol. The second-order valence-corrected chi connectivity index (χ2v) is 8.89. The van der Waals surface area contributed by atoms with Crippen LogP contribution in [-0.4, -0.2) is 22.0 Å². The molecule has 1 aliphatic rings. The summed E-state index contributed by atoms with van der Waals surface area (Å²) in [5.74, 6) is -0.518. The molecule has 0 fully saturated rings. The minimum Gasteiger partial charge on any atom is -0.481 e. The normalized spacial score (nSPS) is 20.5. The fourth-order valence-corrected chi connectivity index (χ4v) is 5.13. The molecule has 0 spiro atoms. The van der Waals surface area contributed by atoms with Crippen molar-refractivity contribution in [1.29, 1.82) is 0 Å². The van der Waals surface area contributed by atoms with Crippen LogP contribution in [0.4, 0.5) is 0 Å². The van der Waals surface area contributed by atoms with Crippen molar-refractivity contribution in [3.8, 4) is 0 Å². The largest absolute Gasteiger partial charge is 0.481 e. The Morgan fingerprint density at radius 1 is 1.24 bits per heavy atom. The Hall–Kier alpha value is -2.24. The van der Waals surface area contributed by atoms with E-state index in [9.17, 15) is 14.7 Å². The Morgan fingerprint density at radius 3 is 2.79 bits per heavy atom. The molecule has 2 aromatic rings. The first-order valence-electron chi connectivity index (χ1n) is 10.2. The van der Waals surface area contributed by atoms with Gasteiger partial charge < -0.3 is 10.2 Å². The van der Waals surface area contributed by atoms with Crippen molar-refractivity contribution in [3.63, 3.8) is 0 Å². The van der Waals surface area contributed by atoms with E-state index in [-0.39, 0.29) is 24.0 Å². The van der Waals surface area contributed by atoms with Crippen LogP contribution >= 0.6 is 11.3 Å². The van der Waals surface area contributed by atoms with Crippen LogP contribution in [0.5, 0.6) is 0 Å². The van der Waals surface area contributed by atoms with Gasteiger partial charge in [-0.25, -0.2) is 0 Å². The number of fused-ring (bicyclic) bond motifs is 1. The Kier molecular flexibility index (Phi) is 7.40. The smallest absolute Gasteiger partial charge is 0.303 e. The van der Waals surface area contributed by atoms with Gasteiger partial charge in [-0.05, 0) is 68.5 Å². The zero-order valence-corrected chi connectivity index (χ0v) is 17.5. The number of benzene rings is 1. The molecule has 1 aromatic heterocycles. The monoisotopic (exact) mass is 412 g/mol. The van der Waals surface area contributed by atoms with Gasteiger partial charge in [0.1, 0.15) is 0 Å². The van der Waals surface area contributed by atoms with E-state index in [0.717, 1.165) is 28.7 Å². The molecule has 1 aliphatic carbocycles. The highest BCUT2D eigenvalue weighted by molar-refractivity contribution is 7.19. The molecule has 4 nitrogen and oxygen atoms in total. The molecule has 0 radical (unpaired) electrons. The van der Waals surface area contributed by atoms with Crippen LogP contribution in [-0.2, 0) is 9.59 Å². The first kappa shape index (κ1) is 21.5. The van der Waals surface area contributed by atoms with Gasteiger partial charge in [-0.15, -0.1) is 11.3 Å². The number of hydrogen-bond donors (Lipinski definition) is 2. The highest BCUT2D eigenvalue weighted by Crippen LogP contribution is 2.38. The lowest BCUT2D eigenvalue weighted by molar-refractivity contribution is -0.137. The molecule has 0 saturated carbocycles. The topological polar surface area (TPSA) is 74.6 Å². The quantitative estimate of drug-likeness (QED) is 0.389. The van der Waals surface area contributed by atoms with Gasteiger partial charge in [0.05, 0.1) is 6.10 Å². The molecule has 0 amide bonds. The molecule has 0 bridgehead atoms. The summed E-state index contributed by atoms with van der Waals surface area (Å²) in [5, 5.41) is 20.5. The minimum absolute atomic E-state index is 0.0691. The van der Waals surface area contributed by atoms with Crippen molar-refractivity contribution in [1.82, 2.24) is 0 Å². The van der Waals surface area contributed by atoms with Gasteiger partial charge in [0.15, 0.2) is 5.78 Å². The van der Waals surface area contributed by atoms with Crippen molar-refractivity contribution < 1.29 is 19.8 Å². The maximum absolute atomic E-state index is 12.4. The molecule has 0 saturated heterocycles. The lowest BCUT2D eigenvalue weighted by atomic mass is 9.84. The number of allylic oxidation sites excluding steroid dienone is 4. The van der Waals surface area contributed by atoms with Crippen LogP contribution in [0.25, 0.3) is 10.1 Å². The van der Waals surface area contributed by atoms with E-state index in [4.69, 9.17) is 5.11 Å². The van der Waals surface area contributed by atoms with Crippen molar-refractivity contribution in [2.75, 3.05) is 0 Å². The lowest BCUT2D eigenvalue weighted by Gasteiger charge is -2.21. The molecular formula is C24H28O4S. The summed E-state index contributed by atoms with van der Waals surface area (Å²) in [7, 11) is 0. The molecule has 3 rings (SSSR count). The Labute approximate surface area is 175 Å². The number of aliphatic carboxylic acids is 1. The third-order valence-corrected chi connectivity index (χ3v) is 6.87. The van der Waals surface area contributed by atoms with E-state index in [1.807, 2.05) is 31.2 Å². The van der Waals surface area contributed by atoms with Gasteiger partial charge in [0.2, 0.25) is 0 Å². The fourth-order valence-electron chi connectivity index (χ4n) is 4.04. The summed E-state index contributed by atoms with van der Waals surface area (Å²) >= 11 is 1.63. The van der Waals surface area contributed by atoms with Crippen LogP contribution in [0.3, 0.4) is 0 Å². The number of thiophene rings is 1. The average Bonchev–Trinajstić information content (AvgIpc) is 3.23. The molecule has 1 heterocycles. The number of carbonyl (C=O) groups excluding carboxylic acids is 1. The number of aliphatic hydroxyl groups is 1. The van der Waals surface area contributed by atoms with Crippen LogP contribution in [0.1, 0.15) is 56.4 Å². The Balaban J connectivity index is 1.54. The molecule has 154 valence electrons. The minimum atomic E-state index is -0.776. The molecule has 1 aromatic carbocycles. The zero-order chi connectivity index (χ0) is 20.8. The number of carbonyl (C=O) groups is 2. The lowest BCUT2D eigenvalue weighted by Crippen LogP contribution is -2.17. The third kappa shape index (κ3) is 5.64. The standard InChI is InChI=1S/C24H28O4S/c1-16-14-21(26)19(9-4-2-3-5-11-24(27)28)18(16)12-13-20(25)23-15-17-8-6-7-10-22(17)29-23/h2,4,6-8,10,14-15,18-20,25H,3,5,9,11-13H2,1H3,(H,27,28)/b4-2-/t18-,19+,20+/m0/s1. The maximum Gasteiger partial charge on any atom is 0.303 e. The maximum atomic E-state index is 12.4. The third-order valence-electron chi connectivity index (χ3n) is 5.65. The second kappa shape index (κ2) is 9.99. The zero-order valence-electron chi connectivity index (χ0n) is 16.7. The molecule has 0 aliphatic heterocycles. The number of aliphatic hydroxyl groups excluding tert-OH is 1. The molecule has 3 atom stereocenters. The van der Waals surface area contributed by atoms with Gasteiger partial charge in [-0.2, -0.15) is 0 Å².